The van der Waals surface area contributed by atoms with Gasteiger partial charge in [0.25, 0.3) is 0 Å². The van der Waals surface area contributed by atoms with Crippen LogP contribution in [0.25, 0.3) is 10.6 Å². The third-order valence-corrected chi connectivity index (χ3v) is 4.70. The minimum atomic E-state index is -0.518. The molecule has 2 heterocycles. The summed E-state index contributed by atoms with van der Waals surface area (Å²) < 4.78 is 27.6. The van der Waals surface area contributed by atoms with Crippen LogP contribution < -0.4 is 14.2 Å². The molecule has 0 spiro atoms. The smallest absolute Gasteiger partial charge is 0.338 e. The van der Waals surface area contributed by atoms with E-state index in [0.717, 1.165) is 4.88 Å². The quantitative estimate of drug-likeness (QED) is 0.432. The zero-order valence-electron chi connectivity index (χ0n) is 16.6. The zero-order valence-corrected chi connectivity index (χ0v) is 17.4. The monoisotopic (exact) mass is 417 g/mol. The van der Waals surface area contributed by atoms with Gasteiger partial charge in [-0.25, -0.2) is 4.79 Å². The number of aromatic nitrogens is 1. The second-order valence-electron chi connectivity index (χ2n) is 5.84. The minimum absolute atomic E-state index is 0.00510. The number of carbonyl (C=O) groups excluding carboxylic acids is 1. The number of thiophene rings is 1. The molecule has 0 aliphatic heterocycles. The van der Waals surface area contributed by atoms with Crippen LogP contribution in [0.2, 0.25) is 0 Å². The molecule has 0 aliphatic carbocycles. The third-order valence-electron chi connectivity index (χ3n) is 3.82. The van der Waals surface area contributed by atoms with Crippen LogP contribution in [0.5, 0.6) is 17.2 Å². The molecule has 0 unspecified atom stereocenters. The second kappa shape index (κ2) is 9.97. The van der Waals surface area contributed by atoms with Crippen molar-refractivity contribution in [2.24, 2.45) is 0 Å². The average Bonchev–Trinajstić information content (AvgIpc) is 3.40. The van der Waals surface area contributed by atoms with Gasteiger partial charge in [-0.05, 0) is 44.4 Å². The topological polar surface area (TPSA) is 80.0 Å². The number of carbonyl (C=O) groups is 1. The molecule has 0 bridgehead atoms. The summed E-state index contributed by atoms with van der Waals surface area (Å²) in [5, 5.41) is 5.91. The summed E-state index contributed by atoms with van der Waals surface area (Å²) in [5.41, 5.74) is 0.838. The maximum atomic E-state index is 12.6. The summed E-state index contributed by atoms with van der Waals surface area (Å²) in [6.07, 6.45) is 0. The van der Waals surface area contributed by atoms with E-state index in [4.69, 9.17) is 23.5 Å². The fraction of sp³-hybridized carbons (Fsp3) is 0.333. The van der Waals surface area contributed by atoms with Crippen molar-refractivity contribution in [3.05, 3.63) is 47.0 Å². The standard InChI is InChI=1S/C21H23NO6S/c1-4-24-17-10-14(11-18(25-5-2)20(17)26-6-3)21(23)27-13-15-12-16(28-22-15)19-8-7-9-29-19/h7-12H,4-6,13H2,1-3H3. The highest BCUT2D eigenvalue weighted by molar-refractivity contribution is 7.13. The zero-order chi connectivity index (χ0) is 20.6. The Labute approximate surface area is 173 Å². The number of hydrogen-bond donors (Lipinski definition) is 0. The maximum absolute atomic E-state index is 12.6. The molecule has 0 saturated heterocycles. The fourth-order valence-corrected chi connectivity index (χ4v) is 3.32. The third kappa shape index (κ3) is 5.08. The van der Waals surface area contributed by atoms with Crippen LogP contribution in [-0.4, -0.2) is 30.9 Å². The lowest BCUT2D eigenvalue weighted by molar-refractivity contribution is 0.0463. The molecule has 0 N–H and O–H groups in total. The van der Waals surface area contributed by atoms with Gasteiger partial charge in [0.05, 0.1) is 30.3 Å². The Morgan fingerprint density at radius 2 is 1.72 bits per heavy atom. The molecule has 0 amide bonds. The van der Waals surface area contributed by atoms with E-state index in [1.165, 1.54) is 0 Å². The highest BCUT2D eigenvalue weighted by atomic mass is 32.1. The molecule has 2 aromatic heterocycles. The lowest BCUT2D eigenvalue weighted by atomic mass is 10.2. The first-order valence-electron chi connectivity index (χ1n) is 9.39. The van der Waals surface area contributed by atoms with E-state index < -0.39 is 5.97 Å². The molecular weight excluding hydrogens is 394 g/mol. The summed E-state index contributed by atoms with van der Waals surface area (Å²) in [6, 6.07) is 8.82. The molecular formula is C21H23NO6S. The Morgan fingerprint density at radius 3 is 2.31 bits per heavy atom. The Hall–Kier alpha value is -3.00. The Kier molecular flexibility index (Phi) is 7.13. The van der Waals surface area contributed by atoms with Gasteiger partial charge in [0.2, 0.25) is 5.75 Å². The van der Waals surface area contributed by atoms with Gasteiger partial charge < -0.3 is 23.5 Å². The molecule has 0 atom stereocenters. The molecule has 3 aromatic rings. The van der Waals surface area contributed by atoms with Crippen LogP contribution in [0, 0.1) is 0 Å². The Balaban J connectivity index is 1.75. The van der Waals surface area contributed by atoms with E-state index in [0.29, 0.717) is 54.1 Å². The van der Waals surface area contributed by atoms with Crippen LogP contribution >= 0.6 is 11.3 Å². The van der Waals surface area contributed by atoms with Crippen molar-refractivity contribution in [2.45, 2.75) is 27.4 Å². The largest absolute Gasteiger partial charge is 0.490 e. The van der Waals surface area contributed by atoms with E-state index in [1.54, 1.807) is 29.5 Å². The Morgan fingerprint density at radius 1 is 1.03 bits per heavy atom. The Bertz CT molecular complexity index is 908. The lowest BCUT2D eigenvalue weighted by Crippen LogP contribution is -2.09. The van der Waals surface area contributed by atoms with Crippen molar-refractivity contribution in [3.8, 4) is 27.9 Å². The van der Waals surface area contributed by atoms with Crippen molar-refractivity contribution >= 4 is 17.3 Å². The van der Waals surface area contributed by atoms with Crippen molar-refractivity contribution < 1.29 is 28.3 Å². The first kappa shape index (κ1) is 20.7. The second-order valence-corrected chi connectivity index (χ2v) is 6.78. The number of nitrogens with zero attached hydrogens (tertiary/aromatic N) is 1. The molecule has 0 saturated carbocycles. The first-order valence-corrected chi connectivity index (χ1v) is 10.3. The molecule has 3 rings (SSSR count). The van der Waals surface area contributed by atoms with Gasteiger partial charge >= 0.3 is 5.97 Å². The predicted molar refractivity (Wildman–Crippen MR) is 109 cm³/mol. The summed E-state index contributed by atoms with van der Waals surface area (Å²) >= 11 is 1.55. The number of hydrogen-bond acceptors (Lipinski definition) is 8. The maximum Gasteiger partial charge on any atom is 0.338 e. The van der Waals surface area contributed by atoms with Gasteiger partial charge in [-0.15, -0.1) is 11.3 Å². The van der Waals surface area contributed by atoms with E-state index in [1.807, 2.05) is 38.3 Å². The molecule has 0 aliphatic rings. The summed E-state index contributed by atoms with van der Waals surface area (Å²) in [5.74, 6) is 1.48. The van der Waals surface area contributed by atoms with Crippen molar-refractivity contribution in [3.63, 3.8) is 0 Å². The first-order chi connectivity index (χ1) is 14.2. The molecule has 29 heavy (non-hydrogen) atoms. The van der Waals surface area contributed by atoms with E-state index in [-0.39, 0.29) is 6.61 Å². The van der Waals surface area contributed by atoms with Crippen molar-refractivity contribution in [2.75, 3.05) is 19.8 Å². The summed E-state index contributed by atoms with van der Waals surface area (Å²) in [6.45, 7) is 6.88. The number of esters is 1. The van der Waals surface area contributed by atoms with Gasteiger partial charge in [0.1, 0.15) is 12.3 Å². The fourth-order valence-electron chi connectivity index (χ4n) is 2.64. The van der Waals surface area contributed by atoms with Gasteiger partial charge in [-0.3, -0.25) is 0 Å². The van der Waals surface area contributed by atoms with Crippen molar-refractivity contribution in [1.82, 2.24) is 5.16 Å². The summed E-state index contributed by atoms with van der Waals surface area (Å²) in [4.78, 5) is 13.6. The summed E-state index contributed by atoms with van der Waals surface area (Å²) in [7, 11) is 0. The number of benzene rings is 1. The van der Waals surface area contributed by atoms with Crippen molar-refractivity contribution in [1.29, 1.82) is 0 Å². The van der Waals surface area contributed by atoms with E-state index in [2.05, 4.69) is 5.16 Å². The number of rotatable bonds is 10. The average molecular weight is 417 g/mol. The van der Waals surface area contributed by atoms with Gasteiger partial charge in [0.15, 0.2) is 17.3 Å². The van der Waals surface area contributed by atoms with E-state index >= 15 is 0 Å². The molecule has 154 valence electrons. The van der Waals surface area contributed by atoms with Crippen LogP contribution in [0.4, 0.5) is 0 Å². The van der Waals surface area contributed by atoms with Crippen LogP contribution in [0.1, 0.15) is 36.8 Å². The molecule has 1 aromatic carbocycles. The highest BCUT2D eigenvalue weighted by Crippen LogP contribution is 2.39. The molecule has 8 heteroatoms. The number of ether oxygens (including phenoxy) is 4. The normalized spacial score (nSPS) is 10.6. The lowest BCUT2D eigenvalue weighted by Gasteiger charge is -2.16. The molecule has 0 fully saturated rings. The molecule has 7 nitrogen and oxygen atoms in total. The van der Waals surface area contributed by atoms with Gasteiger partial charge in [-0.2, -0.15) is 0 Å². The van der Waals surface area contributed by atoms with Crippen LogP contribution in [-0.2, 0) is 11.3 Å². The predicted octanol–water partition coefficient (Wildman–Crippen LogP) is 4.96. The SMILES string of the molecule is CCOc1cc(C(=O)OCc2cc(-c3cccs3)on2)cc(OCC)c1OCC. The molecule has 0 radical (unpaired) electrons. The minimum Gasteiger partial charge on any atom is -0.490 e. The van der Waals surface area contributed by atoms with Crippen LogP contribution in [0.15, 0.2) is 40.2 Å². The van der Waals surface area contributed by atoms with E-state index in [9.17, 15) is 4.79 Å². The van der Waals surface area contributed by atoms with Gasteiger partial charge in [-0.1, -0.05) is 11.2 Å². The van der Waals surface area contributed by atoms with Gasteiger partial charge in [0, 0.05) is 6.07 Å². The van der Waals surface area contributed by atoms with Crippen LogP contribution in [0.3, 0.4) is 0 Å². The highest BCUT2D eigenvalue weighted by Gasteiger charge is 2.19.